The summed E-state index contributed by atoms with van der Waals surface area (Å²) in [6.45, 7) is -1.69. The molecule has 0 spiro atoms. The molecule has 0 aromatic rings. The summed E-state index contributed by atoms with van der Waals surface area (Å²) < 4.78 is 0. The summed E-state index contributed by atoms with van der Waals surface area (Å²) in [5, 5.41) is 43.1. The third-order valence-corrected chi connectivity index (χ3v) is 1.39. The Kier molecular flexibility index (Phi) is 8.43. The van der Waals surface area contributed by atoms with E-state index in [0.29, 0.717) is 0 Å². The number of hydrogen-bond donors (Lipinski definition) is 5. The van der Waals surface area contributed by atoms with Crippen LogP contribution >= 0.6 is 12.4 Å². The first-order valence-electron chi connectivity index (χ1n) is 3.33. The average molecular weight is 217 g/mol. The fourth-order valence-electron chi connectivity index (χ4n) is 0.602. The van der Waals surface area contributed by atoms with Crippen LogP contribution in [0.1, 0.15) is 0 Å². The molecule has 0 radical (unpaired) electrons. The first kappa shape index (κ1) is 15.2. The molecule has 13 heavy (non-hydrogen) atoms. The van der Waals surface area contributed by atoms with Gasteiger partial charge < -0.3 is 25.5 Å². The molecule has 0 saturated heterocycles. The van der Waals surface area contributed by atoms with Gasteiger partial charge in [0, 0.05) is 0 Å². The van der Waals surface area contributed by atoms with Crippen LogP contribution < -0.4 is 0 Å². The highest BCUT2D eigenvalue weighted by Gasteiger charge is 2.28. The highest BCUT2D eigenvalue weighted by molar-refractivity contribution is 5.85. The number of ketones is 1. The van der Waals surface area contributed by atoms with Crippen LogP contribution in [-0.4, -0.2) is 62.8 Å². The van der Waals surface area contributed by atoms with Crippen molar-refractivity contribution in [3.05, 3.63) is 0 Å². The molecule has 0 bridgehead atoms. The Balaban J connectivity index is 0. The van der Waals surface area contributed by atoms with Crippen molar-refractivity contribution in [2.24, 2.45) is 0 Å². The molecule has 5 N–H and O–H groups in total. The van der Waals surface area contributed by atoms with Gasteiger partial charge in [0.25, 0.3) is 0 Å². The van der Waals surface area contributed by atoms with Gasteiger partial charge in [-0.3, -0.25) is 4.79 Å². The Bertz CT molecular complexity index is 152. The van der Waals surface area contributed by atoms with Gasteiger partial charge in [0.1, 0.15) is 24.9 Å². The predicted octanol–water partition coefficient (Wildman–Crippen LogP) is -2.96. The normalized spacial score (nSPS) is 17.0. The zero-order valence-corrected chi connectivity index (χ0v) is 7.52. The number of aliphatic hydroxyl groups excluding tert-OH is 5. The van der Waals surface area contributed by atoms with Gasteiger partial charge in [-0.1, -0.05) is 0 Å². The Labute approximate surface area is 80.8 Å². The summed E-state index contributed by atoms with van der Waals surface area (Å²) in [6.07, 6.45) is -5.22. The first-order valence-corrected chi connectivity index (χ1v) is 3.33. The fraction of sp³-hybridized carbons (Fsp3) is 0.833. The van der Waals surface area contributed by atoms with Crippen molar-refractivity contribution in [3.8, 4) is 0 Å². The molecule has 0 aliphatic carbocycles. The largest absolute Gasteiger partial charge is 0.394 e. The molecular weight excluding hydrogens is 204 g/mol. The topological polar surface area (TPSA) is 118 Å². The Morgan fingerprint density at radius 3 is 1.92 bits per heavy atom. The van der Waals surface area contributed by atoms with Crippen LogP contribution in [0.3, 0.4) is 0 Å². The first-order chi connectivity index (χ1) is 5.54. The van der Waals surface area contributed by atoms with Crippen molar-refractivity contribution >= 4 is 18.2 Å². The zero-order valence-electron chi connectivity index (χ0n) is 6.70. The second-order valence-electron chi connectivity index (χ2n) is 2.31. The minimum Gasteiger partial charge on any atom is -0.394 e. The van der Waals surface area contributed by atoms with Crippen LogP contribution in [-0.2, 0) is 4.79 Å². The SMILES string of the molecule is Cl.O=C(CO)[C@H](O)[C@@H](O)[C@H](O)CO. The Morgan fingerprint density at radius 1 is 1.15 bits per heavy atom. The van der Waals surface area contributed by atoms with E-state index in [1.807, 2.05) is 0 Å². The fourth-order valence-corrected chi connectivity index (χ4v) is 0.602. The van der Waals surface area contributed by atoms with Gasteiger partial charge >= 0.3 is 0 Å². The molecule has 0 fully saturated rings. The van der Waals surface area contributed by atoms with Crippen LogP contribution in [0, 0.1) is 0 Å². The molecule has 0 saturated carbocycles. The van der Waals surface area contributed by atoms with Gasteiger partial charge in [0.2, 0.25) is 0 Å². The molecule has 0 aromatic heterocycles. The van der Waals surface area contributed by atoms with Gasteiger partial charge in [-0.05, 0) is 0 Å². The Hall–Kier alpha value is -0.240. The summed E-state index contributed by atoms with van der Waals surface area (Å²) in [5.74, 6) is -1.00. The molecule has 3 atom stereocenters. The maximum Gasteiger partial charge on any atom is 0.189 e. The number of halogens is 1. The van der Waals surface area contributed by atoms with Crippen molar-refractivity contribution in [2.75, 3.05) is 13.2 Å². The van der Waals surface area contributed by atoms with Crippen LogP contribution in [0.5, 0.6) is 0 Å². The lowest BCUT2D eigenvalue weighted by atomic mass is 10.1. The smallest absolute Gasteiger partial charge is 0.189 e. The van der Waals surface area contributed by atoms with E-state index < -0.39 is 37.3 Å². The molecule has 0 rings (SSSR count). The molecule has 0 aliphatic heterocycles. The number of aliphatic hydroxyl groups is 5. The number of rotatable bonds is 5. The molecule has 0 aliphatic rings. The van der Waals surface area contributed by atoms with Crippen LogP contribution in [0.4, 0.5) is 0 Å². The molecule has 0 unspecified atom stereocenters. The summed E-state index contributed by atoms with van der Waals surface area (Å²) in [5.41, 5.74) is 0. The van der Waals surface area contributed by atoms with Crippen molar-refractivity contribution in [1.82, 2.24) is 0 Å². The van der Waals surface area contributed by atoms with Crippen molar-refractivity contribution in [3.63, 3.8) is 0 Å². The van der Waals surface area contributed by atoms with Gasteiger partial charge in [-0.25, -0.2) is 0 Å². The average Bonchev–Trinajstić information content (AvgIpc) is 2.12. The molecule has 0 heterocycles. The van der Waals surface area contributed by atoms with E-state index in [1.54, 1.807) is 0 Å². The van der Waals surface area contributed by atoms with E-state index in [4.69, 9.17) is 25.5 Å². The van der Waals surface area contributed by atoms with E-state index in [2.05, 4.69) is 0 Å². The third kappa shape index (κ3) is 4.51. The lowest BCUT2D eigenvalue weighted by Crippen LogP contribution is -2.44. The number of carbonyl (C=O) groups excluding carboxylic acids is 1. The van der Waals surface area contributed by atoms with Crippen molar-refractivity contribution < 1.29 is 30.3 Å². The van der Waals surface area contributed by atoms with E-state index in [1.165, 1.54) is 0 Å². The van der Waals surface area contributed by atoms with E-state index in [-0.39, 0.29) is 12.4 Å². The molecule has 0 amide bonds. The highest BCUT2D eigenvalue weighted by atomic mass is 35.5. The quantitative estimate of drug-likeness (QED) is 0.335. The lowest BCUT2D eigenvalue weighted by molar-refractivity contribution is -0.142. The summed E-state index contributed by atoms with van der Waals surface area (Å²) in [7, 11) is 0. The second-order valence-corrected chi connectivity index (χ2v) is 2.31. The predicted molar refractivity (Wildman–Crippen MR) is 44.4 cm³/mol. The van der Waals surface area contributed by atoms with Crippen molar-refractivity contribution in [2.45, 2.75) is 18.3 Å². The van der Waals surface area contributed by atoms with Crippen LogP contribution in [0.25, 0.3) is 0 Å². The standard InChI is InChI=1S/C6H12O6.ClH/c7-1-3(9)5(11)6(12)4(10)2-8;/h3,5-9,11-12H,1-2H2;1H/t3-,5+,6+;/m1./s1. The van der Waals surface area contributed by atoms with Gasteiger partial charge in [0.05, 0.1) is 6.61 Å². The van der Waals surface area contributed by atoms with Crippen molar-refractivity contribution in [1.29, 1.82) is 0 Å². The number of carbonyl (C=O) groups is 1. The van der Waals surface area contributed by atoms with E-state index in [0.717, 1.165) is 0 Å². The molecule has 80 valence electrons. The maximum absolute atomic E-state index is 10.5. The van der Waals surface area contributed by atoms with E-state index >= 15 is 0 Å². The summed E-state index contributed by atoms with van der Waals surface area (Å²) in [6, 6.07) is 0. The van der Waals surface area contributed by atoms with Gasteiger partial charge in [0.15, 0.2) is 5.78 Å². The molecule has 0 aromatic carbocycles. The zero-order chi connectivity index (χ0) is 9.72. The minimum absolute atomic E-state index is 0. The van der Waals surface area contributed by atoms with Gasteiger partial charge in [-0.15, -0.1) is 12.4 Å². The molecule has 7 heteroatoms. The highest BCUT2D eigenvalue weighted by Crippen LogP contribution is 2.00. The molecule has 6 nitrogen and oxygen atoms in total. The maximum atomic E-state index is 10.5. The summed E-state index contributed by atoms with van der Waals surface area (Å²) >= 11 is 0. The summed E-state index contributed by atoms with van der Waals surface area (Å²) in [4.78, 5) is 10.5. The van der Waals surface area contributed by atoms with Crippen LogP contribution in [0.15, 0.2) is 0 Å². The Morgan fingerprint density at radius 2 is 1.62 bits per heavy atom. The lowest BCUT2D eigenvalue weighted by Gasteiger charge is -2.19. The van der Waals surface area contributed by atoms with Gasteiger partial charge in [-0.2, -0.15) is 0 Å². The molecular formula is C6H13ClO6. The van der Waals surface area contributed by atoms with E-state index in [9.17, 15) is 4.79 Å². The monoisotopic (exact) mass is 216 g/mol. The minimum atomic E-state index is -1.86. The van der Waals surface area contributed by atoms with Crippen LogP contribution in [0.2, 0.25) is 0 Å². The second kappa shape index (κ2) is 7.19. The number of hydrogen-bond acceptors (Lipinski definition) is 6. The third-order valence-electron chi connectivity index (χ3n) is 1.39. The number of Topliss-reactive ketones (excluding diaryl/α,β-unsaturated/α-hetero) is 1.